The highest BCUT2D eigenvalue weighted by atomic mass is 32.2. The first-order valence-corrected chi connectivity index (χ1v) is 8.95. The Balaban J connectivity index is 1.86. The van der Waals surface area contributed by atoms with Crippen LogP contribution >= 0.6 is 11.8 Å². The van der Waals surface area contributed by atoms with E-state index in [2.05, 4.69) is 27.1 Å². The molecule has 0 radical (unpaired) electrons. The molecule has 6 nitrogen and oxygen atoms in total. The van der Waals surface area contributed by atoms with Gasteiger partial charge in [0, 0.05) is 48.4 Å². The SMILES string of the molecule is Cc1c[nH]c2nccc(N3C=C(C(=O)NCC(C)(C)N)SCC3)c12. The van der Waals surface area contributed by atoms with E-state index in [1.165, 1.54) is 0 Å². The Hall–Kier alpha value is -1.99. The van der Waals surface area contributed by atoms with Crippen molar-refractivity contribution >= 4 is 34.4 Å². The molecule has 3 rings (SSSR count). The molecule has 7 heteroatoms. The molecule has 0 aliphatic carbocycles. The number of rotatable bonds is 4. The number of hydrogen-bond donors (Lipinski definition) is 3. The first-order chi connectivity index (χ1) is 11.3. The number of nitrogens with zero attached hydrogens (tertiary/aromatic N) is 2. The zero-order valence-electron chi connectivity index (χ0n) is 14.2. The summed E-state index contributed by atoms with van der Waals surface area (Å²) in [5, 5.41) is 4.01. The van der Waals surface area contributed by atoms with Gasteiger partial charge in [-0.2, -0.15) is 0 Å². The quantitative estimate of drug-likeness (QED) is 0.790. The van der Waals surface area contributed by atoms with Crippen LogP contribution in [0.2, 0.25) is 0 Å². The lowest BCUT2D eigenvalue weighted by atomic mass is 10.1. The van der Waals surface area contributed by atoms with E-state index in [-0.39, 0.29) is 5.91 Å². The number of carbonyl (C=O) groups excluding carboxylic acids is 1. The monoisotopic (exact) mass is 345 g/mol. The summed E-state index contributed by atoms with van der Waals surface area (Å²) in [6, 6.07) is 1.99. The van der Waals surface area contributed by atoms with E-state index in [9.17, 15) is 4.79 Å². The van der Waals surface area contributed by atoms with Crippen LogP contribution in [0.3, 0.4) is 0 Å². The Morgan fingerprint density at radius 3 is 3.08 bits per heavy atom. The van der Waals surface area contributed by atoms with E-state index in [4.69, 9.17) is 5.73 Å². The number of nitrogens with two attached hydrogens (primary N) is 1. The molecule has 1 aliphatic heterocycles. The topological polar surface area (TPSA) is 87.0 Å². The molecule has 128 valence electrons. The zero-order chi connectivity index (χ0) is 17.3. The van der Waals surface area contributed by atoms with Crippen molar-refractivity contribution in [2.24, 2.45) is 5.73 Å². The van der Waals surface area contributed by atoms with Crippen molar-refractivity contribution in [3.63, 3.8) is 0 Å². The Labute approximate surface area is 145 Å². The molecule has 0 saturated heterocycles. The van der Waals surface area contributed by atoms with E-state index in [0.29, 0.717) is 11.4 Å². The van der Waals surface area contributed by atoms with E-state index < -0.39 is 5.54 Å². The third-order valence-corrected chi connectivity index (χ3v) is 4.84. The summed E-state index contributed by atoms with van der Waals surface area (Å²) in [6.45, 7) is 7.14. The number of amides is 1. The number of aromatic amines is 1. The maximum absolute atomic E-state index is 12.4. The van der Waals surface area contributed by atoms with Crippen LogP contribution in [-0.2, 0) is 4.79 Å². The molecule has 0 saturated carbocycles. The lowest BCUT2D eigenvalue weighted by Crippen LogP contribution is -2.45. The van der Waals surface area contributed by atoms with Crippen molar-refractivity contribution in [1.29, 1.82) is 0 Å². The molecule has 2 aromatic rings. The highest BCUT2D eigenvalue weighted by Crippen LogP contribution is 2.32. The minimum atomic E-state index is -0.422. The van der Waals surface area contributed by atoms with Crippen LogP contribution in [-0.4, -0.2) is 40.3 Å². The molecule has 0 spiro atoms. The predicted octanol–water partition coefficient (Wildman–Crippen LogP) is 2.12. The number of thioether (sulfide) groups is 1. The summed E-state index contributed by atoms with van der Waals surface area (Å²) in [6.07, 6.45) is 5.68. The number of H-pyrrole nitrogens is 1. The number of anilines is 1. The average molecular weight is 345 g/mol. The van der Waals surface area contributed by atoms with Crippen molar-refractivity contribution < 1.29 is 4.79 Å². The summed E-state index contributed by atoms with van der Waals surface area (Å²) in [5.41, 5.74) is 8.60. The van der Waals surface area contributed by atoms with Gasteiger partial charge in [-0.25, -0.2) is 4.98 Å². The molecule has 1 aliphatic rings. The fourth-order valence-electron chi connectivity index (χ4n) is 2.64. The lowest BCUT2D eigenvalue weighted by Gasteiger charge is -2.27. The van der Waals surface area contributed by atoms with Gasteiger partial charge in [-0.05, 0) is 32.4 Å². The number of hydrogen-bond acceptors (Lipinski definition) is 5. The Bertz CT molecular complexity index is 790. The average Bonchev–Trinajstić information content (AvgIpc) is 2.93. The van der Waals surface area contributed by atoms with Crippen molar-refractivity contribution in [2.75, 3.05) is 23.7 Å². The maximum atomic E-state index is 12.4. The van der Waals surface area contributed by atoms with Gasteiger partial charge in [-0.15, -0.1) is 11.8 Å². The third-order valence-electron chi connectivity index (χ3n) is 3.85. The molecule has 0 fully saturated rings. The number of fused-ring (bicyclic) bond motifs is 1. The van der Waals surface area contributed by atoms with Gasteiger partial charge < -0.3 is 20.9 Å². The van der Waals surface area contributed by atoms with Crippen molar-refractivity contribution in [2.45, 2.75) is 26.3 Å². The van der Waals surface area contributed by atoms with Crippen LogP contribution in [0.15, 0.2) is 29.6 Å². The number of nitrogens with one attached hydrogen (secondary N) is 2. The molecule has 24 heavy (non-hydrogen) atoms. The van der Waals surface area contributed by atoms with E-state index in [1.54, 1.807) is 18.0 Å². The van der Waals surface area contributed by atoms with Crippen LogP contribution in [0.25, 0.3) is 11.0 Å². The number of aromatic nitrogens is 2. The van der Waals surface area contributed by atoms with Gasteiger partial charge in [0.15, 0.2) is 0 Å². The van der Waals surface area contributed by atoms with E-state index >= 15 is 0 Å². The van der Waals surface area contributed by atoms with Crippen LogP contribution in [0.5, 0.6) is 0 Å². The second-order valence-corrected chi connectivity index (χ2v) is 7.87. The molecule has 1 amide bonds. The zero-order valence-corrected chi connectivity index (χ0v) is 15.0. The number of pyridine rings is 1. The van der Waals surface area contributed by atoms with Crippen LogP contribution in [0.1, 0.15) is 19.4 Å². The fourth-order valence-corrected chi connectivity index (χ4v) is 3.56. The Morgan fingerprint density at radius 2 is 2.33 bits per heavy atom. The molecule has 0 aromatic carbocycles. The highest BCUT2D eigenvalue weighted by molar-refractivity contribution is 8.04. The minimum Gasteiger partial charge on any atom is -0.350 e. The summed E-state index contributed by atoms with van der Waals surface area (Å²) in [7, 11) is 0. The van der Waals surface area contributed by atoms with Crippen LogP contribution < -0.4 is 16.0 Å². The summed E-state index contributed by atoms with van der Waals surface area (Å²) in [4.78, 5) is 22.8. The van der Waals surface area contributed by atoms with Crippen LogP contribution in [0.4, 0.5) is 5.69 Å². The second kappa shape index (κ2) is 6.49. The molecular weight excluding hydrogens is 322 g/mol. The van der Waals surface area contributed by atoms with Crippen molar-refractivity contribution in [1.82, 2.24) is 15.3 Å². The van der Waals surface area contributed by atoms with Crippen molar-refractivity contribution in [3.8, 4) is 0 Å². The second-order valence-electron chi connectivity index (χ2n) is 6.73. The van der Waals surface area contributed by atoms with Gasteiger partial charge in [0.1, 0.15) is 5.65 Å². The van der Waals surface area contributed by atoms with Gasteiger partial charge in [-0.1, -0.05) is 0 Å². The van der Waals surface area contributed by atoms with Gasteiger partial charge in [-0.3, -0.25) is 4.79 Å². The van der Waals surface area contributed by atoms with Gasteiger partial charge in [0.05, 0.1) is 10.6 Å². The van der Waals surface area contributed by atoms with Crippen molar-refractivity contribution in [3.05, 3.63) is 35.1 Å². The Kier molecular flexibility index (Phi) is 4.56. The van der Waals surface area contributed by atoms with E-state index in [0.717, 1.165) is 34.6 Å². The molecule has 3 heterocycles. The summed E-state index contributed by atoms with van der Waals surface area (Å²) >= 11 is 1.58. The molecule has 0 unspecified atom stereocenters. The molecule has 4 N–H and O–H groups in total. The Morgan fingerprint density at radius 1 is 1.54 bits per heavy atom. The number of carbonyl (C=O) groups is 1. The highest BCUT2D eigenvalue weighted by Gasteiger charge is 2.21. The molecular formula is C17H23N5OS. The molecule has 0 atom stereocenters. The third kappa shape index (κ3) is 3.57. The standard InChI is InChI=1S/C17H23N5OS/c1-11-8-20-15-14(11)12(4-5-19-15)22-6-7-24-13(9-22)16(23)21-10-17(2,3)18/h4-5,8-9H,6-7,10,18H2,1-3H3,(H,19,20)(H,21,23). The first kappa shape index (κ1) is 16.9. The smallest absolute Gasteiger partial charge is 0.259 e. The molecule has 0 bridgehead atoms. The van der Waals surface area contributed by atoms with E-state index in [1.807, 2.05) is 32.3 Å². The maximum Gasteiger partial charge on any atom is 0.259 e. The molecule has 2 aromatic heterocycles. The van der Waals surface area contributed by atoms with Gasteiger partial charge in [0.2, 0.25) is 0 Å². The summed E-state index contributed by atoms with van der Waals surface area (Å²) in [5.74, 6) is 0.790. The van der Waals surface area contributed by atoms with Gasteiger partial charge in [0.25, 0.3) is 5.91 Å². The predicted molar refractivity (Wildman–Crippen MR) is 100.0 cm³/mol. The minimum absolute atomic E-state index is 0.0701. The number of aryl methyl sites for hydroxylation is 1. The summed E-state index contributed by atoms with van der Waals surface area (Å²) < 4.78 is 0. The largest absolute Gasteiger partial charge is 0.350 e. The lowest BCUT2D eigenvalue weighted by molar-refractivity contribution is -0.117. The van der Waals surface area contributed by atoms with Crippen LogP contribution in [0, 0.1) is 6.92 Å². The normalized spacial score (nSPS) is 15.5. The van der Waals surface area contributed by atoms with Gasteiger partial charge >= 0.3 is 0 Å². The fraction of sp³-hybridized carbons (Fsp3) is 0.412. The first-order valence-electron chi connectivity index (χ1n) is 7.96.